The number of carbonyl (C=O) groups is 4. The SMILES string of the molecule is C=CCOC(=O)NCC1=C(OC(=O)OCC=C)N2C(=O)[C@H]([C@@H](C)OC(=O)OCC=C)[C@H]2S1. The Bertz CT molecular complexity index is 826. The van der Waals surface area contributed by atoms with Gasteiger partial charge in [-0.2, -0.15) is 0 Å². The van der Waals surface area contributed by atoms with Gasteiger partial charge in [-0.1, -0.05) is 49.7 Å². The van der Waals surface area contributed by atoms with E-state index in [0.29, 0.717) is 4.91 Å². The van der Waals surface area contributed by atoms with Crippen molar-refractivity contribution in [2.45, 2.75) is 18.4 Å². The smallest absolute Gasteiger partial charge is 0.445 e. The summed E-state index contributed by atoms with van der Waals surface area (Å²) in [5.74, 6) is -1.22. The average Bonchev–Trinajstić information content (AvgIpc) is 3.05. The van der Waals surface area contributed by atoms with Crippen LogP contribution in [0, 0.1) is 5.92 Å². The quantitative estimate of drug-likeness (QED) is 0.209. The van der Waals surface area contributed by atoms with Crippen LogP contribution in [0.15, 0.2) is 48.8 Å². The topological polar surface area (TPSA) is 130 Å². The number of β-lactam (4-membered cyclic amide) rings is 1. The molecule has 1 saturated heterocycles. The molecule has 3 atom stereocenters. The summed E-state index contributed by atoms with van der Waals surface area (Å²) in [4.78, 5) is 49.8. The molecule has 174 valence electrons. The third kappa shape index (κ3) is 6.06. The number of thioether (sulfide) groups is 1. The molecule has 11 nitrogen and oxygen atoms in total. The van der Waals surface area contributed by atoms with Crippen molar-refractivity contribution >= 4 is 36.1 Å². The van der Waals surface area contributed by atoms with Crippen LogP contribution in [0.2, 0.25) is 0 Å². The Morgan fingerprint density at radius 2 is 1.66 bits per heavy atom. The van der Waals surface area contributed by atoms with Gasteiger partial charge in [-0.25, -0.2) is 14.4 Å². The van der Waals surface area contributed by atoms with Gasteiger partial charge in [0.25, 0.3) is 0 Å². The summed E-state index contributed by atoms with van der Waals surface area (Å²) in [6.45, 7) is 11.7. The maximum absolute atomic E-state index is 12.8. The summed E-state index contributed by atoms with van der Waals surface area (Å²) in [6.07, 6.45) is 0.641. The van der Waals surface area contributed by atoms with Gasteiger partial charge in [0.1, 0.15) is 37.2 Å². The fourth-order valence-electron chi connectivity index (χ4n) is 2.77. The summed E-state index contributed by atoms with van der Waals surface area (Å²) >= 11 is 1.18. The van der Waals surface area contributed by atoms with Gasteiger partial charge in [-0.05, 0) is 6.92 Å². The molecule has 2 rings (SSSR count). The molecule has 2 aliphatic heterocycles. The normalized spacial score (nSPS) is 19.7. The molecule has 12 heteroatoms. The van der Waals surface area contributed by atoms with E-state index in [1.165, 1.54) is 34.9 Å². The second-order valence-electron chi connectivity index (χ2n) is 6.34. The fraction of sp³-hybridized carbons (Fsp3) is 0.400. The number of ether oxygens (including phenoxy) is 5. The molecule has 0 unspecified atom stereocenters. The van der Waals surface area contributed by atoms with Crippen LogP contribution in [0.4, 0.5) is 14.4 Å². The van der Waals surface area contributed by atoms with Crippen LogP contribution in [-0.4, -0.2) is 67.1 Å². The van der Waals surface area contributed by atoms with Crippen molar-refractivity contribution in [2.75, 3.05) is 26.4 Å². The second-order valence-corrected chi connectivity index (χ2v) is 7.55. The maximum atomic E-state index is 12.8. The van der Waals surface area contributed by atoms with Gasteiger partial charge >= 0.3 is 18.4 Å². The molecule has 0 radical (unpaired) electrons. The van der Waals surface area contributed by atoms with E-state index in [1.54, 1.807) is 6.92 Å². The molecule has 1 N–H and O–H groups in total. The van der Waals surface area contributed by atoms with E-state index < -0.39 is 41.7 Å². The molecule has 0 aromatic carbocycles. The highest BCUT2D eigenvalue weighted by atomic mass is 32.2. The standard InChI is InChI=1S/C20H24N2O9S/c1-5-8-27-18(24)21-11-13-16(31-20(26)29-10-7-3)22-15(23)14(17(22)32-13)12(4)30-19(25)28-9-6-2/h5-7,12,14,17H,1-3,8-11H2,4H3,(H,21,24)/t12-,14+,17-/m1/s1. The number of amides is 2. The number of fused-ring (bicyclic) bond motifs is 1. The monoisotopic (exact) mass is 468 g/mol. The van der Waals surface area contributed by atoms with E-state index in [4.69, 9.17) is 23.7 Å². The van der Waals surface area contributed by atoms with E-state index in [-0.39, 0.29) is 32.2 Å². The lowest BCUT2D eigenvalue weighted by Crippen LogP contribution is -2.61. The summed E-state index contributed by atoms with van der Waals surface area (Å²) in [6, 6.07) is 0. The number of carbonyl (C=O) groups excluding carboxylic acids is 4. The molecule has 2 amide bonds. The zero-order valence-electron chi connectivity index (χ0n) is 17.4. The van der Waals surface area contributed by atoms with E-state index >= 15 is 0 Å². The molecule has 0 bridgehead atoms. The Labute approximate surface area is 189 Å². The predicted octanol–water partition coefficient (Wildman–Crippen LogP) is 2.67. The fourth-order valence-corrected chi connectivity index (χ4v) is 4.25. The predicted molar refractivity (Wildman–Crippen MR) is 113 cm³/mol. The minimum atomic E-state index is -1.04. The Kier molecular flexibility index (Phi) is 9.20. The minimum Gasteiger partial charge on any atom is -0.445 e. The number of nitrogens with one attached hydrogen (secondary N) is 1. The molecule has 0 aromatic rings. The molecule has 0 aliphatic carbocycles. The lowest BCUT2D eigenvalue weighted by atomic mass is 9.93. The van der Waals surface area contributed by atoms with Crippen LogP contribution in [0.25, 0.3) is 0 Å². The van der Waals surface area contributed by atoms with Gasteiger partial charge in [0.05, 0.1) is 11.4 Å². The van der Waals surface area contributed by atoms with Gasteiger partial charge in [-0.15, -0.1) is 0 Å². The van der Waals surface area contributed by atoms with Crippen molar-refractivity contribution in [1.82, 2.24) is 10.2 Å². The first kappa shape index (κ1) is 24.9. The molecule has 2 heterocycles. The molecule has 0 aromatic heterocycles. The summed E-state index contributed by atoms with van der Waals surface area (Å²) in [5.41, 5.74) is 0. The first-order valence-electron chi connectivity index (χ1n) is 9.48. The van der Waals surface area contributed by atoms with Crippen molar-refractivity contribution in [3.05, 3.63) is 48.8 Å². The highest BCUT2D eigenvalue weighted by Crippen LogP contribution is 2.50. The zero-order valence-corrected chi connectivity index (χ0v) is 18.3. The van der Waals surface area contributed by atoms with Crippen LogP contribution in [0.5, 0.6) is 0 Å². The van der Waals surface area contributed by atoms with Crippen molar-refractivity contribution in [1.29, 1.82) is 0 Å². The van der Waals surface area contributed by atoms with Gasteiger partial charge in [-0.3, -0.25) is 9.69 Å². The Morgan fingerprint density at radius 3 is 2.28 bits per heavy atom. The largest absolute Gasteiger partial charge is 0.515 e. The van der Waals surface area contributed by atoms with E-state index in [9.17, 15) is 19.2 Å². The number of alkyl carbamates (subject to hydrolysis) is 1. The van der Waals surface area contributed by atoms with Crippen LogP contribution in [0.1, 0.15) is 6.92 Å². The third-order valence-corrected chi connectivity index (χ3v) is 5.49. The second kappa shape index (κ2) is 11.8. The Morgan fingerprint density at radius 1 is 1.06 bits per heavy atom. The molecule has 32 heavy (non-hydrogen) atoms. The van der Waals surface area contributed by atoms with Crippen LogP contribution in [-0.2, 0) is 28.5 Å². The number of nitrogens with zero attached hydrogens (tertiary/aromatic N) is 1. The molecule has 0 saturated carbocycles. The molecular weight excluding hydrogens is 444 g/mol. The van der Waals surface area contributed by atoms with E-state index in [2.05, 4.69) is 25.1 Å². The van der Waals surface area contributed by atoms with Gasteiger partial charge < -0.3 is 29.0 Å². The van der Waals surface area contributed by atoms with Crippen molar-refractivity contribution in [2.24, 2.45) is 5.92 Å². The van der Waals surface area contributed by atoms with E-state index in [0.717, 1.165) is 0 Å². The molecular formula is C20H24N2O9S. The third-order valence-electron chi connectivity index (χ3n) is 4.14. The van der Waals surface area contributed by atoms with Crippen molar-refractivity contribution in [3.8, 4) is 0 Å². The number of hydrogen-bond acceptors (Lipinski definition) is 10. The van der Waals surface area contributed by atoms with Crippen molar-refractivity contribution in [3.63, 3.8) is 0 Å². The maximum Gasteiger partial charge on any atom is 0.515 e. The average molecular weight is 468 g/mol. The summed E-state index contributed by atoms with van der Waals surface area (Å²) in [5, 5.41) is 1.98. The van der Waals surface area contributed by atoms with Crippen molar-refractivity contribution < 1.29 is 42.9 Å². The van der Waals surface area contributed by atoms with Crippen LogP contribution < -0.4 is 5.32 Å². The lowest BCUT2D eigenvalue weighted by molar-refractivity contribution is -0.156. The van der Waals surface area contributed by atoms with Gasteiger partial charge in [0, 0.05) is 0 Å². The van der Waals surface area contributed by atoms with Gasteiger partial charge in [0.15, 0.2) is 0 Å². The highest BCUT2D eigenvalue weighted by molar-refractivity contribution is 8.04. The number of rotatable bonds is 11. The highest BCUT2D eigenvalue weighted by Gasteiger charge is 2.58. The molecule has 2 aliphatic rings. The van der Waals surface area contributed by atoms with Crippen LogP contribution >= 0.6 is 11.8 Å². The van der Waals surface area contributed by atoms with Gasteiger partial charge in [0.2, 0.25) is 11.8 Å². The first-order valence-corrected chi connectivity index (χ1v) is 10.4. The Hall–Kier alpha value is -3.41. The first-order chi connectivity index (χ1) is 15.3. The van der Waals surface area contributed by atoms with E-state index in [1.807, 2.05) is 0 Å². The molecule has 1 fully saturated rings. The minimum absolute atomic E-state index is 0.0153. The Balaban J connectivity index is 2.09. The molecule has 0 spiro atoms. The summed E-state index contributed by atoms with van der Waals surface area (Å²) < 4.78 is 24.8. The summed E-state index contributed by atoms with van der Waals surface area (Å²) in [7, 11) is 0. The lowest BCUT2D eigenvalue weighted by Gasteiger charge is -2.43. The zero-order chi connectivity index (χ0) is 23.7. The number of hydrogen-bond donors (Lipinski definition) is 1. The van der Waals surface area contributed by atoms with Crippen LogP contribution in [0.3, 0.4) is 0 Å².